The quantitative estimate of drug-likeness (QED) is 0.634. The lowest BCUT2D eigenvalue weighted by Gasteiger charge is -2.23. The lowest BCUT2D eigenvalue weighted by Crippen LogP contribution is -2.42. The van der Waals surface area contributed by atoms with Gasteiger partial charge >= 0.3 is 0 Å². The molecule has 0 saturated heterocycles. The van der Waals surface area contributed by atoms with E-state index in [-0.39, 0.29) is 25.0 Å². The lowest BCUT2D eigenvalue weighted by atomic mass is 10.4. The van der Waals surface area contributed by atoms with Crippen LogP contribution in [0.3, 0.4) is 0 Å². The van der Waals surface area contributed by atoms with Crippen molar-refractivity contribution >= 4 is 11.8 Å². The summed E-state index contributed by atoms with van der Waals surface area (Å²) < 4.78 is 5.00. The molecule has 16 heavy (non-hydrogen) atoms. The van der Waals surface area contributed by atoms with Crippen molar-refractivity contribution < 1.29 is 14.3 Å². The number of rotatable bonds is 7. The van der Waals surface area contributed by atoms with Crippen molar-refractivity contribution in [3.63, 3.8) is 0 Å². The van der Waals surface area contributed by atoms with E-state index in [1.165, 1.54) is 4.90 Å². The molecule has 0 saturated carbocycles. The fourth-order valence-corrected chi connectivity index (χ4v) is 1.27. The molecule has 94 valence electrons. The molecule has 5 nitrogen and oxygen atoms in total. The van der Waals surface area contributed by atoms with Gasteiger partial charge in [-0.3, -0.25) is 9.59 Å². The van der Waals surface area contributed by atoms with Crippen LogP contribution in [-0.2, 0) is 14.3 Å². The molecule has 0 radical (unpaired) electrons. The Labute approximate surface area is 97.3 Å². The van der Waals surface area contributed by atoms with Gasteiger partial charge in [0.25, 0.3) is 0 Å². The maximum absolute atomic E-state index is 11.7. The zero-order chi connectivity index (χ0) is 12.6. The first-order chi connectivity index (χ1) is 7.56. The molecule has 0 rings (SSSR count). The first-order valence-corrected chi connectivity index (χ1v) is 5.66. The third-order valence-electron chi connectivity index (χ3n) is 2.34. The van der Waals surface area contributed by atoms with Crippen molar-refractivity contribution in [2.45, 2.75) is 20.8 Å². The van der Waals surface area contributed by atoms with Gasteiger partial charge < -0.3 is 14.5 Å². The van der Waals surface area contributed by atoms with Crippen LogP contribution in [0.25, 0.3) is 0 Å². The van der Waals surface area contributed by atoms with Gasteiger partial charge in [0.05, 0.1) is 6.54 Å². The van der Waals surface area contributed by atoms with E-state index in [0.29, 0.717) is 19.7 Å². The first-order valence-electron chi connectivity index (χ1n) is 5.66. The lowest BCUT2D eigenvalue weighted by molar-refractivity contribution is -0.141. The van der Waals surface area contributed by atoms with Crippen LogP contribution in [0.4, 0.5) is 0 Å². The zero-order valence-electron chi connectivity index (χ0n) is 10.7. The highest BCUT2D eigenvalue weighted by molar-refractivity contribution is 5.85. The van der Waals surface area contributed by atoms with Crippen LogP contribution in [0.1, 0.15) is 20.8 Å². The molecule has 5 heteroatoms. The van der Waals surface area contributed by atoms with Gasteiger partial charge in [-0.15, -0.1) is 0 Å². The molecule has 0 atom stereocenters. The molecule has 0 bridgehead atoms. The average molecular weight is 230 g/mol. The van der Waals surface area contributed by atoms with Gasteiger partial charge in [-0.2, -0.15) is 0 Å². The zero-order valence-corrected chi connectivity index (χ0v) is 10.7. The Morgan fingerprint density at radius 2 is 1.62 bits per heavy atom. The van der Waals surface area contributed by atoms with E-state index in [1.807, 2.05) is 20.8 Å². The summed E-state index contributed by atoms with van der Waals surface area (Å²) in [6.45, 7) is 7.67. The molecule has 0 aliphatic rings. The number of hydrogen-bond acceptors (Lipinski definition) is 3. The molecule has 0 unspecified atom stereocenters. The highest BCUT2D eigenvalue weighted by atomic mass is 16.5. The molecular formula is C11H22N2O3. The van der Waals surface area contributed by atoms with E-state index in [4.69, 9.17) is 4.74 Å². The molecule has 0 aliphatic heterocycles. The minimum atomic E-state index is -0.164. The van der Waals surface area contributed by atoms with Crippen LogP contribution in [0, 0.1) is 0 Å². The molecular weight excluding hydrogens is 208 g/mol. The molecule has 2 amide bonds. The third-order valence-corrected chi connectivity index (χ3v) is 2.34. The normalized spacial score (nSPS) is 10.0. The van der Waals surface area contributed by atoms with E-state index < -0.39 is 0 Å². The molecule has 0 aliphatic carbocycles. The molecule has 0 heterocycles. The summed E-state index contributed by atoms with van der Waals surface area (Å²) in [6.07, 6.45) is 0. The summed E-state index contributed by atoms with van der Waals surface area (Å²) in [5.74, 6) is -0.195. The number of carbonyl (C=O) groups excluding carboxylic acids is 2. The molecule has 0 N–H and O–H groups in total. The van der Waals surface area contributed by atoms with Gasteiger partial charge in [-0.05, 0) is 20.8 Å². The number of hydrogen-bond donors (Lipinski definition) is 0. The van der Waals surface area contributed by atoms with Crippen LogP contribution in [0.2, 0.25) is 0 Å². The summed E-state index contributed by atoms with van der Waals surface area (Å²) in [5, 5.41) is 0. The summed E-state index contributed by atoms with van der Waals surface area (Å²) >= 11 is 0. The smallest absolute Gasteiger partial charge is 0.248 e. The van der Waals surface area contributed by atoms with Crippen LogP contribution in [-0.4, -0.2) is 61.5 Å². The van der Waals surface area contributed by atoms with Crippen molar-refractivity contribution in [3.05, 3.63) is 0 Å². The highest BCUT2D eigenvalue weighted by Gasteiger charge is 2.16. The van der Waals surface area contributed by atoms with Crippen molar-refractivity contribution in [3.8, 4) is 0 Å². The van der Waals surface area contributed by atoms with Crippen LogP contribution in [0.15, 0.2) is 0 Å². The fourth-order valence-electron chi connectivity index (χ4n) is 1.27. The van der Waals surface area contributed by atoms with E-state index in [2.05, 4.69) is 0 Å². The van der Waals surface area contributed by atoms with Gasteiger partial charge in [0, 0.05) is 26.7 Å². The molecule has 0 aromatic heterocycles. The van der Waals surface area contributed by atoms with Gasteiger partial charge in [0.1, 0.15) is 6.61 Å². The number of amides is 2. The van der Waals surface area contributed by atoms with E-state index >= 15 is 0 Å². The summed E-state index contributed by atoms with van der Waals surface area (Å²) in [5.41, 5.74) is 0. The second-order valence-electron chi connectivity index (χ2n) is 3.45. The second-order valence-corrected chi connectivity index (χ2v) is 3.45. The van der Waals surface area contributed by atoms with Crippen LogP contribution < -0.4 is 0 Å². The summed E-state index contributed by atoms with van der Waals surface area (Å²) in [4.78, 5) is 26.3. The van der Waals surface area contributed by atoms with Crippen molar-refractivity contribution in [2.75, 3.05) is 39.9 Å². The minimum absolute atomic E-state index is 0.0302. The van der Waals surface area contributed by atoms with Gasteiger partial charge in [0.15, 0.2) is 0 Å². The van der Waals surface area contributed by atoms with Crippen molar-refractivity contribution in [2.24, 2.45) is 0 Å². The van der Waals surface area contributed by atoms with Crippen molar-refractivity contribution in [1.29, 1.82) is 0 Å². The SMILES string of the molecule is CCOCC(=O)N(C)CC(=O)N(CC)CC. The van der Waals surface area contributed by atoms with E-state index in [9.17, 15) is 9.59 Å². The number of nitrogens with zero attached hydrogens (tertiary/aromatic N) is 2. The number of carbonyl (C=O) groups is 2. The molecule has 0 aromatic rings. The third kappa shape index (κ3) is 5.11. The predicted octanol–water partition coefficient (Wildman–Crippen LogP) is 0.350. The Hall–Kier alpha value is -1.10. The summed E-state index contributed by atoms with van der Waals surface area (Å²) in [7, 11) is 1.61. The Bertz CT molecular complexity index is 227. The van der Waals surface area contributed by atoms with Gasteiger partial charge in [-0.25, -0.2) is 0 Å². The number of ether oxygens (including phenoxy) is 1. The first kappa shape index (κ1) is 14.9. The minimum Gasteiger partial charge on any atom is -0.372 e. The average Bonchev–Trinajstić information content (AvgIpc) is 2.27. The van der Waals surface area contributed by atoms with Crippen LogP contribution >= 0.6 is 0 Å². The largest absolute Gasteiger partial charge is 0.372 e. The second kappa shape index (κ2) is 8.10. The Morgan fingerprint density at radius 3 is 2.06 bits per heavy atom. The monoisotopic (exact) mass is 230 g/mol. The predicted molar refractivity (Wildman–Crippen MR) is 62.1 cm³/mol. The van der Waals surface area contributed by atoms with Gasteiger partial charge in [-0.1, -0.05) is 0 Å². The van der Waals surface area contributed by atoms with E-state index in [1.54, 1.807) is 11.9 Å². The number of likely N-dealkylation sites (N-methyl/N-ethyl adjacent to an activating group) is 2. The fraction of sp³-hybridized carbons (Fsp3) is 0.818. The standard InChI is InChI=1S/C11H22N2O3/c1-5-13(6-2)10(14)8-12(4)11(15)9-16-7-3/h5-9H2,1-4H3. The Kier molecular flexibility index (Phi) is 7.54. The maximum Gasteiger partial charge on any atom is 0.248 e. The molecule has 0 aromatic carbocycles. The summed E-state index contributed by atoms with van der Waals surface area (Å²) in [6, 6.07) is 0. The van der Waals surface area contributed by atoms with E-state index in [0.717, 1.165) is 0 Å². The van der Waals surface area contributed by atoms with Crippen LogP contribution in [0.5, 0.6) is 0 Å². The molecule has 0 spiro atoms. The Balaban J connectivity index is 4.07. The van der Waals surface area contributed by atoms with Gasteiger partial charge in [0.2, 0.25) is 11.8 Å². The van der Waals surface area contributed by atoms with Crippen molar-refractivity contribution in [1.82, 2.24) is 9.80 Å². The topological polar surface area (TPSA) is 49.9 Å². The molecule has 0 fully saturated rings. The highest BCUT2D eigenvalue weighted by Crippen LogP contribution is 1.93. The maximum atomic E-state index is 11.7. The Morgan fingerprint density at radius 1 is 1.06 bits per heavy atom.